The molecule has 0 bridgehead atoms. The molecule has 0 spiro atoms. The van der Waals surface area contributed by atoms with Gasteiger partial charge >= 0.3 is 6.09 Å². The van der Waals surface area contributed by atoms with Crippen molar-refractivity contribution in [2.24, 2.45) is 5.92 Å². The minimum atomic E-state index is -0.406. The van der Waals surface area contributed by atoms with Crippen LogP contribution in [-0.4, -0.2) is 72.1 Å². The van der Waals surface area contributed by atoms with Crippen molar-refractivity contribution in [3.63, 3.8) is 0 Å². The molecule has 2 fully saturated rings. The second-order valence-corrected chi connectivity index (χ2v) is 7.64. The first kappa shape index (κ1) is 19.6. The molecular weight excluding hydrogens is 349 g/mol. The molecule has 0 unspecified atom stereocenters. The first-order chi connectivity index (χ1) is 12.9. The number of hydrogen-bond donors (Lipinski definition) is 0. The topological polar surface area (TPSA) is 53.1 Å². The number of carbonyl (C=O) groups excluding carboxylic acids is 2. The largest absolute Gasteiger partial charge is 0.448 e. The minimum absolute atomic E-state index is 0.0249. The lowest BCUT2D eigenvalue weighted by atomic mass is 10.0. The number of halogens is 1. The van der Waals surface area contributed by atoms with Crippen LogP contribution in [-0.2, 0) is 16.1 Å². The van der Waals surface area contributed by atoms with E-state index in [1.165, 1.54) is 17.0 Å². The van der Waals surface area contributed by atoms with E-state index in [1.807, 2.05) is 17.0 Å². The zero-order chi connectivity index (χ0) is 19.4. The Morgan fingerprint density at radius 1 is 1.22 bits per heavy atom. The maximum atomic E-state index is 13.2. The number of hydrogen-bond acceptors (Lipinski definition) is 4. The molecule has 2 heterocycles. The van der Waals surface area contributed by atoms with Crippen LogP contribution in [0.4, 0.5) is 9.18 Å². The number of nitrogens with zero attached hydrogens (tertiary/aromatic N) is 3. The molecule has 148 valence electrons. The molecule has 2 saturated heterocycles. The highest BCUT2D eigenvalue weighted by Gasteiger charge is 2.32. The van der Waals surface area contributed by atoms with E-state index in [1.54, 1.807) is 0 Å². The summed E-state index contributed by atoms with van der Waals surface area (Å²) < 4.78 is 18.1. The standard InChI is InChI=1S/C20H28FN3O3/c1-15(2)18-13-23(19(25)14-24-10-11-27-20(24)26)9-3-8-22(18)12-16-4-6-17(21)7-5-16/h4-7,15,18H,3,8-14H2,1-2H3/t18-/m1/s1. The Labute approximate surface area is 159 Å². The summed E-state index contributed by atoms with van der Waals surface area (Å²) >= 11 is 0. The average Bonchev–Trinajstić information content (AvgIpc) is 2.91. The van der Waals surface area contributed by atoms with E-state index in [4.69, 9.17) is 4.74 Å². The van der Waals surface area contributed by atoms with Gasteiger partial charge in [0.05, 0.1) is 6.54 Å². The highest BCUT2D eigenvalue weighted by molar-refractivity contribution is 5.83. The second-order valence-electron chi connectivity index (χ2n) is 7.64. The summed E-state index contributed by atoms with van der Waals surface area (Å²) in [6.45, 7) is 8.18. The normalized spacial score (nSPS) is 21.5. The molecule has 6 nitrogen and oxygen atoms in total. The highest BCUT2D eigenvalue weighted by Crippen LogP contribution is 2.20. The Morgan fingerprint density at radius 3 is 2.59 bits per heavy atom. The molecule has 27 heavy (non-hydrogen) atoms. The van der Waals surface area contributed by atoms with Crippen LogP contribution in [0.2, 0.25) is 0 Å². The lowest BCUT2D eigenvalue weighted by Crippen LogP contribution is -2.48. The number of amides is 2. The molecule has 0 N–H and O–H groups in total. The monoisotopic (exact) mass is 377 g/mol. The molecule has 2 aliphatic heterocycles. The van der Waals surface area contributed by atoms with Gasteiger partial charge in [-0.05, 0) is 30.0 Å². The fourth-order valence-corrected chi connectivity index (χ4v) is 3.78. The molecule has 3 rings (SSSR count). The van der Waals surface area contributed by atoms with Crippen LogP contribution in [0.15, 0.2) is 24.3 Å². The van der Waals surface area contributed by atoms with E-state index in [-0.39, 0.29) is 24.3 Å². The Hall–Kier alpha value is -2.15. The maximum absolute atomic E-state index is 13.2. The van der Waals surface area contributed by atoms with Crippen LogP contribution >= 0.6 is 0 Å². The number of rotatable bonds is 5. The van der Waals surface area contributed by atoms with E-state index < -0.39 is 6.09 Å². The third-order valence-electron chi connectivity index (χ3n) is 5.34. The first-order valence-electron chi connectivity index (χ1n) is 9.62. The smallest absolute Gasteiger partial charge is 0.410 e. The van der Waals surface area contributed by atoms with Gasteiger partial charge in [-0.15, -0.1) is 0 Å². The third-order valence-corrected chi connectivity index (χ3v) is 5.34. The van der Waals surface area contributed by atoms with Crippen molar-refractivity contribution >= 4 is 12.0 Å². The maximum Gasteiger partial charge on any atom is 0.410 e. The van der Waals surface area contributed by atoms with Crippen LogP contribution < -0.4 is 0 Å². The molecule has 2 amide bonds. The minimum Gasteiger partial charge on any atom is -0.448 e. The number of carbonyl (C=O) groups is 2. The van der Waals surface area contributed by atoms with E-state index in [0.717, 1.165) is 25.1 Å². The fraction of sp³-hybridized carbons (Fsp3) is 0.600. The molecule has 0 aromatic heterocycles. The van der Waals surface area contributed by atoms with Crippen LogP contribution in [0.5, 0.6) is 0 Å². The van der Waals surface area contributed by atoms with Crippen LogP contribution in [0.25, 0.3) is 0 Å². The summed E-state index contributed by atoms with van der Waals surface area (Å²) in [5.74, 6) is 0.117. The Kier molecular flexibility index (Phi) is 6.31. The lowest BCUT2D eigenvalue weighted by molar-refractivity contribution is -0.132. The van der Waals surface area contributed by atoms with Crippen molar-refractivity contribution in [1.82, 2.24) is 14.7 Å². The van der Waals surface area contributed by atoms with Gasteiger partial charge in [-0.1, -0.05) is 26.0 Å². The predicted molar refractivity (Wildman–Crippen MR) is 99.6 cm³/mol. The van der Waals surface area contributed by atoms with Crippen molar-refractivity contribution in [3.8, 4) is 0 Å². The quantitative estimate of drug-likeness (QED) is 0.790. The summed E-state index contributed by atoms with van der Waals surface area (Å²) in [6.07, 6.45) is 0.470. The summed E-state index contributed by atoms with van der Waals surface area (Å²) in [7, 11) is 0. The van der Waals surface area contributed by atoms with Crippen molar-refractivity contribution < 1.29 is 18.7 Å². The highest BCUT2D eigenvalue weighted by atomic mass is 19.1. The van der Waals surface area contributed by atoms with E-state index >= 15 is 0 Å². The average molecular weight is 377 g/mol. The van der Waals surface area contributed by atoms with Gasteiger partial charge in [-0.3, -0.25) is 14.6 Å². The Bertz CT molecular complexity index is 665. The van der Waals surface area contributed by atoms with Gasteiger partial charge in [0.15, 0.2) is 0 Å². The van der Waals surface area contributed by atoms with Crippen molar-refractivity contribution in [1.29, 1.82) is 0 Å². The van der Waals surface area contributed by atoms with Gasteiger partial charge in [-0.25, -0.2) is 9.18 Å². The number of benzene rings is 1. The van der Waals surface area contributed by atoms with Crippen LogP contribution in [0.1, 0.15) is 25.8 Å². The van der Waals surface area contributed by atoms with E-state index in [2.05, 4.69) is 18.7 Å². The van der Waals surface area contributed by atoms with Gasteiger partial charge < -0.3 is 9.64 Å². The number of cyclic esters (lactones) is 1. The molecule has 7 heteroatoms. The van der Waals surface area contributed by atoms with Gasteiger partial charge in [0.2, 0.25) is 5.91 Å². The van der Waals surface area contributed by atoms with E-state index in [9.17, 15) is 14.0 Å². The van der Waals surface area contributed by atoms with Crippen LogP contribution in [0.3, 0.4) is 0 Å². The molecule has 0 radical (unpaired) electrons. The summed E-state index contributed by atoms with van der Waals surface area (Å²) in [5, 5.41) is 0. The molecule has 0 saturated carbocycles. The summed E-state index contributed by atoms with van der Waals surface area (Å²) in [6, 6.07) is 6.83. The van der Waals surface area contributed by atoms with Crippen molar-refractivity contribution in [2.75, 3.05) is 39.3 Å². The molecule has 1 atom stereocenters. The summed E-state index contributed by atoms with van der Waals surface area (Å²) in [4.78, 5) is 30.1. The SMILES string of the molecule is CC(C)[C@H]1CN(C(=O)CN2CCOC2=O)CCCN1Cc1ccc(F)cc1. The fourth-order valence-electron chi connectivity index (χ4n) is 3.78. The van der Waals surface area contributed by atoms with Gasteiger partial charge in [0.25, 0.3) is 0 Å². The third kappa shape index (κ3) is 4.97. The van der Waals surface area contributed by atoms with Gasteiger partial charge in [0.1, 0.15) is 19.0 Å². The molecule has 1 aromatic carbocycles. The van der Waals surface area contributed by atoms with Crippen molar-refractivity contribution in [3.05, 3.63) is 35.6 Å². The second kappa shape index (κ2) is 8.69. The van der Waals surface area contributed by atoms with Crippen LogP contribution in [0, 0.1) is 11.7 Å². The zero-order valence-corrected chi connectivity index (χ0v) is 16.1. The molecule has 1 aromatic rings. The van der Waals surface area contributed by atoms with Gasteiger partial charge in [0, 0.05) is 32.2 Å². The Balaban J connectivity index is 1.66. The predicted octanol–water partition coefficient (Wildman–Crippen LogP) is 2.34. The van der Waals surface area contributed by atoms with E-state index in [0.29, 0.717) is 32.2 Å². The zero-order valence-electron chi connectivity index (χ0n) is 16.1. The van der Waals surface area contributed by atoms with Crippen molar-refractivity contribution in [2.45, 2.75) is 32.9 Å². The Morgan fingerprint density at radius 2 is 1.96 bits per heavy atom. The first-order valence-corrected chi connectivity index (χ1v) is 9.62. The molecule has 2 aliphatic rings. The van der Waals surface area contributed by atoms with Gasteiger partial charge in [-0.2, -0.15) is 0 Å². The summed E-state index contributed by atoms with van der Waals surface area (Å²) in [5.41, 5.74) is 1.07. The number of ether oxygens (including phenoxy) is 1. The molecular formula is C20H28FN3O3. The lowest BCUT2D eigenvalue weighted by Gasteiger charge is -2.35. The molecule has 0 aliphatic carbocycles.